The van der Waals surface area contributed by atoms with E-state index in [-0.39, 0.29) is 5.69 Å². The third-order valence-electron chi connectivity index (χ3n) is 4.23. The molecular weight excluding hydrogens is 258 g/mol. The van der Waals surface area contributed by atoms with Crippen molar-refractivity contribution < 1.29 is 14.8 Å². The van der Waals surface area contributed by atoms with Crippen molar-refractivity contribution in [3.8, 4) is 0 Å². The minimum Gasteiger partial charge on any atom is -0.481 e. The van der Waals surface area contributed by atoms with Crippen molar-refractivity contribution in [1.29, 1.82) is 0 Å². The summed E-state index contributed by atoms with van der Waals surface area (Å²) in [5, 5.41) is 20.2. The highest BCUT2D eigenvalue weighted by molar-refractivity contribution is 5.75. The molecule has 5 heteroatoms. The number of aliphatic carboxylic acids is 1. The first-order valence-electron chi connectivity index (χ1n) is 6.90. The van der Waals surface area contributed by atoms with E-state index in [9.17, 15) is 20.0 Å². The number of carbonyl (C=O) groups is 1. The normalized spacial score (nSPS) is 26.1. The molecule has 1 fully saturated rings. The van der Waals surface area contributed by atoms with E-state index in [4.69, 9.17) is 0 Å². The van der Waals surface area contributed by atoms with Gasteiger partial charge >= 0.3 is 5.97 Å². The predicted molar refractivity (Wildman–Crippen MR) is 74.5 cm³/mol. The fraction of sp³-hybridized carbons (Fsp3) is 0.533. The summed E-state index contributed by atoms with van der Waals surface area (Å²) in [4.78, 5) is 21.9. The van der Waals surface area contributed by atoms with Gasteiger partial charge in [-0.05, 0) is 30.7 Å². The molecule has 1 N–H and O–H groups in total. The van der Waals surface area contributed by atoms with E-state index < -0.39 is 16.3 Å². The summed E-state index contributed by atoms with van der Waals surface area (Å²) in [6.45, 7) is 2.09. The molecule has 1 aliphatic carbocycles. The minimum atomic E-state index is -0.748. The van der Waals surface area contributed by atoms with Crippen LogP contribution in [0.3, 0.4) is 0 Å². The van der Waals surface area contributed by atoms with Gasteiger partial charge in [0.1, 0.15) is 0 Å². The van der Waals surface area contributed by atoms with Gasteiger partial charge in [-0.25, -0.2) is 0 Å². The van der Waals surface area contributed by atoms with Crippen LogP contribution in [0.25, 0.3) is 0 Å². The van der Waals surface area contributed by atoms with E-state index in [2.05, 4.69) is 6.92 Å². The number of carboxylic acids is 1. The van der Waals surface area contributed by atoms with Crippen molar-refractivity contribution >= 4 is 11.7 Å². The van der Waals surface area contributed by atoms with Crippen LogP contribution in [0.2, 0.25) is 0 Å². The van der Waals surface area contributed by atoms with Crippen LogP contribution >= 0.6 is 0 Å². The Balaban J connectivity index is 2.20. The highest BCUT2D eigenvalue weighted by Gasteiger charge is 2.41. The third kappa shape index (κ3) is 2.98. The Morgan fingerprint density at radius 3 is 2.60 bits per heavy atom. The Bertz CT molecular complexity index is 511. The average Bonchev–Trinajstić information content (AvgIpc) is 2.39. The molecule has 1 aromatic rings. The number of nitro groups is 1. The number of hydrogen-bond donors (Lipinski definition) is 1. The molecule has 0 bridgehead atoms. The molecule has 2 atom stereocenters. The Morgan fingerprint density at radius 2 is 2.10 bits per heavy atom. The number of non-ortho nitro benzene ring substituents is 1. The maximum absolute atomic E-state index is 11.7. The smallest absolute Gasteiger partial charge is 0.309 e. The lowest BCUT2D eigenvalue weighted by Gasteiger charge is -2.36. The molecule has 0 aliphatic heterocycles. The second-order valence-corrected chi connectivity index (χ2v) is 5.89. The number of nitro benzene ring substituents is 1. The maximum atomic E-state index is 11.7. The Labute approximate surface area is 117 Å². The molecule has 1 saturated carbocycles. The van der Waals surface area contributed by atoms with Crippen molar-refractivity contribution in [1.82, 2.24) is 0 Å². The summed E-state index contributed by atoms with van der Waals surface area (Å²) in [5.41, 5.74) is 0.176. The van der Waals surface area contributed by atoms with Crippen LogP contribution in [0, 0.1) is 21.4 Å². The molecule has 0 spiro atoms. The molecule has 0 aromatic heterocycles. The molecule has 0 amide bonds. The zero-order valence-corrected chi connectivity index (χ0v) is 11.5. The molecule has 108 valence electrons. The van der Waals surface area contributed by atoms with E-state index in [0.717, 1.165) is 18.4 Å². The van der Waals surface area contributed by atoms with Gasteiger partial charge in [0.15, 0.2) is 0 Å². The predicted octanol–water partition coefficient (Wildman–Crippen LogP) is 3.42. The van der Waals surface area contributed by atoms with E-state index in [1.807, 2.05) is 0 Å². The van der Waals surface area contributed by atoms with Gasteiger partial charge in [0.05, 0.1) is 10.3 Å². The van der Waals surface area contributed by atoms with Gasteiger partial charge in [-0.2, -0.15) is 0 Å². The van der Waals surface area contributed by atoms with E-state index in [0.29, 0.717) is 25.2 Å². The molecule has 0 radical (unpaired) electrons. The third-order valence-corrected chi connectivity index (χ3v) is 4.23. The van der Waals surface area contributed by atoms with Gasteiger partial charge in [0.25, 0.3) is 5.69 Å². The van der Waals surface area contributed by atoms with Gasteiger partial charge in [-0.1, -0.05) is 31.9 Å². The molecule has 0 saturated heterocycles. The first-order valence-corrected chi connectivity index (χ1v) is 6.90. The number of benzene rings is 1. The minimum absolute atomic E-state index is 0.0372. The highest BCUT2D eigenvalue weighted by Crippen LogP contribution is 2.42. The summed E-state index contributed by atoms with van der Waals surface area (Å²) in [6.07, 6.45) is 3.82. The summed E-state index contributed by atoms with van der Waals surface area (Å²) < 4.78 is 0. The van der Waals surface area contributed by atoms with E-state index >= 15 is 0 Å². The van der Waals surface area contributed by atoms with Gasteiger partial charge < -0.3 is 5.11 Å². The number of carboxylic acid groups (broad SMARTS) is 1. The van der Waals surface area contributed by atoms with Crippen LogP contribution in [0.15, 0.2) is 24.3 Å². The van der Waals surface area contributed by atoms with Gasteiger partial charge in [0.2, 0.25) is 0 Å². The standard InChI is InChI=1S/C15H19NO4/c1-11-3-2-8-15(9-11,14(17)18)10-12-4-6-13(7-5-12)16(19)20/h4-7,11H,2-3,8-10H2,1H3,(H,17,18). The van der Waals surface area contributed by atoms with Crippen LogP contribution in [0.5, 0.6) is 0 Å². The number of nitrogens with zero attached hydrogens (tertiary/aromatic N) is 1. The van der Waals surface area contributed by atoms with E-state index in [1.54, 1.807) is 12.1 Å². The second-order valence-electron chi connectivity index (χ2n) is 5.89. The van der Waals surface area contributed by atoms with Crippen molar-refractivity contribution in [3.63, 3.8) is 0 Å². The topological polar surface area (TPSA) is 80.4 Å². The summed E-state index contributed by atoms with van der Waals surface area (Å²) in [6, 6.07) is 6.22. The molecule has 2 rings (SSSR count). The zero-order valence-electron chi connectivity index (χ0n) is 11.5. The molecule has 0 heterocycles. The summed E-state index contributed by atoms with van der Waals surface area (Å²) in [5.74, 6) is -0.333. The van der Waals surface area contributed by atoms with Crippen LogP contribution in [0.1, 0.15) is 38.2 Å². The van der Waals surface area contributed by atoms with Gasteiger partial charge in [-0.3, -0.25) is 14.9 Å². The number of hydrogen-bond acceptors (Lipinski definition) is 3. The maximum Gasteiger partial charge on any atom is 0.309 e. The molecule has 1 aliphatic rings. The van der Waals surface area contributed by atoms with Crippen LogP contribution < -0.4 is 0 Å². The second kappa shape index (κ2) is 5.61. The highest BCUT2D eigenvalue weighted by atomic mass is 16.6. The lowest BCUT2D eigenvalue weighted by atomic mass is 9.67. The molecule has 5 nitrogen and oxygen atoms in total. The molecule has 2 unspecified atom stereocenters. The van der Waals surface area contributed by atoms with Crippen molar-refractivity contribution in [3.05, 3.63) is 39.9 Å². The lowest BCUT2D eigenvalue weighted by molar-refractivity contribution is -0.384. The monoisotopic (exact) mass is 277 g/mol. The van der Waals surface area contributed by atoms with Crippen molar-refractivity contribution in [2.75, 3.05) is 0 Å². The molecular formula is C15H19NO4. The van der Waals surface area contributed by atoms with Crippen molar-refractivity contribution in [2.45, 2.75) is 39.0 Å². The fourth-order valence-electron chi connectivity index (χ4n) is 3.22. The van der Waals surface area contributed by atoms with Crippen LogP contribution in [0.4, 0.5) is 5.69 Å². The zero-order chi connectivity index (χ0) is 14.8. The molecule has 1 aromatic carbocycles. The SMILES string of the molecule is CC1CCCC(Cc2ccc([N+](=O)[O-])cc2)(C(=O)O)C1. The van der Waals surface area contributed by atoms with E-state index in [1.165, 1.54) is 12.1 Å². The number of rotatable bonds is 4. The Kier molecular flexibility index (Phi) is 4.06. The fourth-order valence-corrected chi connectivity index (χ4v) is 3.22. The quantitative estimate of drug-likeness (QED) is 0.675. The van der Waals surface area contributed by atoms with Crippen molar-refractivity contribution in [2.24, 2.45) is 11.3 Å². The van der Waals surface area contributed by atoms with Gasteiger partial charge in [0, 0.05) is 12.1 Å². The summed E-state index contributed by atoms with van der Waals surface area (Å²) >= 11 is 0. The first kappa shape index (κ1) is 14.5. The van der Waals surface area contributed by atoms with Crippen LogP contribution in [-0.2, 0) is 11.2 Å². The van der Waals surface area contributed by atoms with Gasteiger partial charge in [-0.15, -0.1) is 0 Å². The Morgan fingerprint density at radius 1 is 1.45 bits per heavy atom. The Hall–Kier alpha value is -1.91. The lowest BCUT2D eigenvalue weighted by Crippen LogP contribution is -2.37. The average molecular weight is 277 g/mol. The first-order chi connectivity index (χ1) is 9.43. The largest absolute Gasteiger partial charge is 0.481 e. The summed E-state index contributed by atoms with van der Waals surface area (Å²) in [7, 11) is 0. The molecule has 20 heavy (non-hydrogen) atoms. The van der Waals surface area contributed by atoms with Crippen LogP contribution in [-0.4, -0.2) is 16.0 Å².